The molecular weight excluding hydrogens is 517 g/mol. The van der Waals surface area contributed by atoms with Gasteiger partial charge in [0.1, 0.15) is 8.64 Å². The minimum Gasteiger partial charge on any atom is -0.466 e. The van der Waals surface area contributed by atoms with Gasteiger partial charge in [-0.05, 0) is 39.5 Å². The van der Waals surface area contributed by atoms with Crippen molar-refractivity contribution < 1.29 is 28.7 Å². The zero-order chi connectivity index (χ0) is 25.1. The van der Waals surface area contributed by atoms with Gasteiger partial charge in [-0.1, -0.05) is 60.8 Å². The molecule has 0 atom stereocenters. The summed E-state index contributed by atoms with van der Waals surface area (Å²) in [5.41, 5.74) is 0. The van der Waals surface area contributed by atoms with Gasteiger partial charge in [-0.3, -0.25) is 29.0 Å². The monoisotopic (exact) mass is 546 g/mol. The molecule has 0 saturated carbocycles. The summed E-state index contributed by atoms with van der Waals surface area (Å²) in [7, 11) is 0. The van der Waals surface area contributed by atoms with E-state index in [1.54, 1.807) is 13.8 Å². The molecule has 12 heteroatoms. The van der Waals surface area contributed by atoms with E-state index in [-0.39, 0.29) is 23.8 Å². The van der Waals surface area contributed by atoms with Crippen LogP contribution in [0.2, 0.25) is 0 Å². The summed E-state index contributed by atoms with van der Waals surface area (Å²) in [5.74, 6) is -0.964. The van der Waals surface area contributed by atoms with E-state index >= 15 is 0 Å². The second-order valence-corrected chi connectivity index (χ2v) is 10.8. The van der Waals surface area contributed by atoms with Crippen molar-refractivity contribution in [1.29, 1.82) is 0 Å². The Kier molecular flexibility index (Phi) is 12.5. The normalized spacial score (nSPS) is 18.3. The lowest BCUT2D eigenvalue weighted by molar-refractivity contribution is -0.144. The molecule has 2 saturated heterocycles. The number of amides is 2. The number of hydrogen-bond acceptors (Lipinski definition) is 10. The number of rotatable bonds is 14. The van der Waals surface area contributed by atoms with Crippen molar-refractivity contribution in [1.82, 2.24) is 9.80 Å². The highest BCUT2D eigenvalue weighted by Crippen LogP contribution is 2.42. The molecule has 0 unspecified atom stereocenters. The smallest absolute Gasteiger partial charge is 0.305 e. The maximum Gasteiger partial charge on any atom is 0.305 e. The predicted octanol–water partition coefficient (Wildman–Crippen LogP) is 4.17. The van der Waals surface area contributed by atoms with E-state index in [1.165, 1.54) is 9.80 Å². The molecule has 0 aromatic carbocycles. The van der Waals surface area contributed by atoms with Crippen LogP contribution in [0, 0.1) is 0 Å². The predicted molar refractivity (Wildman–Crippen MR) is 141 cm³/mol. The summed E-state index contributed by atoms with van der Waals surface area (Å²) in [6, 6.07) is 0. The third-order valence-electron chi connectivity index (χ3n) is 5.04. The first kappa shape index (κ1) is 28.7. The first-order chi connectivity index (χ1) is 16.3. The van der Waals surface area contributed by atoms with Crippen LogP contribution in [-0.4, -0.2) is 68.5 Å². The molecular formula is C22H30N2O6S4. The first-order valence-corrected chi connectivity index (χ1v) is 13.9. The van der Waals surface area contributed by atoms with Crippen LogP contribution in [-0.2, 0) is 28.7 Å². The average Bonchev–Trinajstić information content (AvgIpc) is 3.23. The lowest BCUT2D eigenvalue weighted by Gasteiger charge is -2.14. The SMILES string of the molecule is CCOC(=O)CCCCCN1C(=O)C(=C2SC(=S)N(CCCCCC(=O)OCC)C2=O)SC1=S. The van der Waals surface area contributed by atoms with Crippen LogP contribution in [0.3, 0.4) is 0 Å². The number of esters is 2. The highest BCUT2D eigenvalue weighted by molar-refractivity contribution is 8.29. The Hall–Kier alpha value is -1.50. The first-order valence-electron chi connectivity index (χ1n) is 11.4. The summed E-state index contributed by atoms with van der Waals surface area (Å²) >= 11 is 13.0. The van der Waals surface area contributed by atoms with E-state index in [0.717, 1.165) is 36.4 Å². The zero-order valence-electron chi connectivity index (χ0n) is 19.5. The van der Waals surface area contributed by atoms with Gasteiger partial charge in [-0.15, -0.1) is 0 Å². The van der Waals surface area contributed by atoms with Gasteiger partial charge in [0, 0.05) is 25.9 Å². The minimum absolute atomic E-state index is 0.214. The second kappa shape index (κ2) is 14.8. The van der Waals surface area contributed by atoms with E-state index in [4.69, 9.17) is 33.9 Å². The van der Waals surface area contributed by atoms with E-state index < -0.39 is 0 Å². The maximum absolute atomic E-state index is 12.9. The zero-order valence-corrected chi connectivity index (χ0v) is 22.7. The summed E-state index contributed by atoms with van der Waals surface area (Å²) in [4.78, 5) is 52.4. The van der Waals surface area contributed by atoms with Crippen molar-refractivity contribution in [2.24, 2.45) is 0 Å². The van der Waals surface area contributed by atoms with Gasteiger partial charge in [-0.25, -0.2) is 0 Å². The largest absolute Gasteiger partial charge is 0.466 e. The van der Waals surface area contributed by atoms with Crippen molar-refractivity contribution in [2.45, 2.75) is 65.2 Å². The van der Waals surface area contributed by atoms with Gasteiger partial charge in [0.15, 0.2) is 0 Å². The Balaban J connectivity index is 1.83. The lowest BCUT2D eigenvalue weighted by Crippen LogP contribution is -2.31. The molecule has 0 radical (unpaired) electrons. The Morgan fingerprint density at radius 2 is 1.09 bits per heavy atom. The van der Waals surface area contributed by atoms with Crippen LogP contribution >= 0.6 is 48.0 Å². The fraction of sp³-hybridized carbons (Fsp3) is 0.636. The van der Waals surface area contributed by atoms with E-state index in [2.05, 4.69) is 0 Å². The lowest BCUT2D eigenvalue weighted by atomic mass is 10.2. The number of thiocarbonyl (C=S) groups is 2. The Morgan fingerprint density at radius 1 is 0.706 bits per heavy atom. The Labute approximate surface area is 219 Å². The van der Waals surface area contributed by atoms with E-state index in [9.17, 15) is 19.2 Å². The van der Waals surface area contributed by atoms with Gasteiger partial charge >= 0.3 is 11.9 Å². The highest BCUT2D eigenvalue weighted by atomic mass is 32.2. The third-order valence-corrected chi connectivity index (χ3v) is 8.07. The molecule has 34 heavy (non-hydrogen) atoms. The van der Waals surface area contributed by atoms with Gasteiger partial charge in [0.05, 0.1) is 23.0 Å². The molecule has 2 fully saturated rings. The molecule has 8 nitrogen and oxygen atoms in total. The third kappa shape index (κ3) is 8.31. The molecule has 2 amide bonds. The molecule has 2 heterocycles. The fourth-order valence-corrected chi connectivity index (χ4v) is 6.13. The molecule has 2 aliphatic rings. The fourth-order valence-electron chi connectivity index (χ4n) is 3.35. The molecule has 188 valence electrons. The minimum atomic E-state index is -0.268. The number of nitrogens with zero attached hydrogens (tertiary/aromatic N) is 2. The summed E-state index contributed by atoms with van der Waals surface area (Å²) in [6.45, 7) is 5.18. The van der Waals surface area contributed by atoms with Gasteiger partial charge in [0.2, 0.25) is 0 Å². The molecule has 2 rings (SSSR count). The number of unbranched alkanes of at least 4 members (excludes halogenated alkanes) is 4. The summed E-state index contributed by atoms with van der Waals surface area (Å²) in [5, 5.41) is 0. The molecule has 0 N–H and O–H groups in total. The van der Waals surface area contributed by atoms with Crippen molar-refractivity contribution in [3.05, 3.63) is 9.81 Å². The Morgan fingerprint density at radius 3 is 1.44 bits per heavy atom. The van der Waals surface area contributed by atoms with Crippen molar-refractivity contribution in [3.63, 3.8) is 0 Å². The number of carbonyl (C=O) groups excluding carboxylic acids is 4. The van der Waals surface area contributed by atoms with Crippen LogP contribution in [0.25, 0.3) is 0 Å². The summed E-state index contributed by atoms with van der Waals surface area (Å²) in [6.07, 6.45) is 5.03. The second-order valence-electron chi connectivity index (χ2n) is 7.54. The van der Waals surface area contributed by atoms with Gasteiger partial charge in [0.25, 0.3) is 11.8 Å². The molecule has 0 bridgehead atoms. The van der Waals surface area contributed by atoms with Crippen molar-refractivity contribution in [3.8, 4) is 0 Å². The van der Waals surface area contributed by atoms with Crippen LogP contribution in [0.4, 0.5) is 0 Å². The van der Waals surface area contributed by atoms with Crippen LogP contribution in [0.15, 0.2) is 9.81 Å². The Bertz CT molecular complexity index is 792. The topological polar surface area (TPSA) is 93.2 Å². The average molecular weight is 547 g/mol. The van der Waals surface area contributed by atoms with Crippen molar-refractivity contribution >= 4 is 80.4 Å². The highest BCUT2D eigenvalue weighted by Gasteiger charge is 2.41. The number of thioether (sulfide) groups is 2. The maximum atomic E-state index is 12.9. The van der Waals surface area contributed by atoms with Crippen LogP contribution < -0.4 is 0 Å². The van der Waals surface area contributed by atoms with Gasteiger partial charge in [-0.2, -0.15) is 0 Å². The molecule has 0 aromatic rings. The van der Waals surface area contributed by atoms with Crippen LogP contribution in [0.5, 0.6) is 0 Å². The molecule has 0 aliphatic carbocycles. The number of ether oxygens (including phenoxy) is 2. The van der Waals surface area contributed by atoms with E-state index in [0.29, 0.717) is 83.3 Å². The summed E-state index contributed by atoms with van der Waals surface area (Å²) < 4.78 is 10.7. The van der Waals surface area contributed by atoms with E-state index in [1.807, 2.05) is 0 Å². The quantitative estimate of drug-likeness (QED) is 0.137. The number of hydrogen-bond donors (Lipinski definition) is 0. The molecule has 2 aliphatic heterocycles. The number of carbonyl (C=O) groups is 4. The van der Waals surface area contributed by atoms with Crippen molar-refractivity contribution in [2.75, 3.05) is 26.3 Å². The van der Waals surface area contributed by atoms with Crippen LogP contribution in [0.1, 0.15) is 65.2 Å². The molecule has 0 spiro atoms. The standard InChI is InChI=1S/C22H30N2O6S4/c1-3-29-15(25)11-7-5-9-13-23-19(27)17(33-21(23)31)18-20(28)24(22(32)34-18)14-10-6-8-12-16(26)30-4-2/h3-14H2,1-2H3. The van der Waals surface area contributed by atoms with Gasteiger partial charge < -0.3 is 9.47 Å². The molecule has 0 aromatic heterocycles.